The number of hydrogen-bond donors (Lipinski definition) is 1. The van der Waals surface area contributed by atoms with E-state index in [1.165, 1.54) is 5.56 Å². The van der Waals surface area contributed by atoms with Gasteiger partial charge >= 0.3 is 0 Å². The van der Waals surface area contributed by atoms with Crippen molar-refractivity contribution in [1.29, 1.82) is 0 Å². The van der Waals surface area contributed by atoms with Crippen LogP contribution in [0.15, 0.2) is 43.0 Å². The van der Waals surface area contributed by atoms with Crippen LogP contribution < -0.4 is 4.74 Å². The number of ether oxygens (including phenoxy) is 1. The van der Waals surface area contributed by atoms with Crippen molar-refractivity contribution in [2.45, 2.75) is 38.8 Å². The summed E-state index contributed by atoms with van der Waals surface area (Å²) in [5.74, 6) is 0.899. The molecule has 4 nitrogen and oxygen atoms in total. The summed E-state index contributed by atoms with van der Waals surface area (Å²) in [7, 11) is 0. The van der Waals surface area contributed by atoms with Crippen molar-refractivity contribution in [2.24, 2.45) is 0 Å². The quantitative estimate of drug-likeness (QED) is 0.753. The molecule has 0 radical (unpaired) electrons. The van der Waals surface area contributed by atoms with Crippen LogP contribution in [0.5, 0.6) is 5.75 Å². The van der Waals surface area contributed by atoms with Crippen LogP contribution in [0.25, 0.3) is 0 Å². The Balaban J connectivity index is 1.68. The zero-order chi connectivity index (χ0) is 14.2. The van der Waals surface area contributed by atoms with Gasteiger partial charge < -0.3 is 14.4 Å². The molecule has 20 heavy (non-hydrogen) atoms. The molecular weight excluding hydrogens is 252 g/mol. The zero-order valence-electron chi connectivity index (χ0n) is 11.9. The van der Waals surface area contributed by atoms with E-state index in [0.717, 1.165) is 31.6 Å². The van der Waals surface area contributed by atoms with Gasteiger partial charge in [-0.1, -0.05) is 12.1 Å². The molecule has 4 heteroatoms. The number of hydrogen-bond acceptors (Lipinski definition) is 3. The first kappa shape index (κ1) is 14.6. The second-order valence-corrected chi connectivity index (χ2v) is 5.03. The zero-order valence-corrected chi connectivity index (χ0v) is 11.9. The van der Waals surface area contributed by atoms with E-state index in [1.807, 2.05) is 36.1 Å². The molecule has 2 rings (SSSR count). The fourth-order valence-electron chi connectivity index (χ4n) is 1.98. The number of aliphatic hydroxyl groups is 1. The first-order valence-corrected chi connectivity index (χ1v) is 7.09. The Morgan fingerprint density at radius 1 is 1.30 bits per heavy atom. The van der Waals surface area contributed by atoms with Gasteiger partial charge in [0.25, 0.3) is 0 Å². The first-order chi connectivity index (χ1) is 9.74. The Morgan fingerprint density at radius 2 is 2.10 bits per heavy atom. The van der Waals surface area contributed by atoms with E-state index in [1.54, 1.807) is 6.20 Å². The highest BCUT2D eigenvalue weighted by Gasteiger charge is 1.99. The summed E-state index contributed by atoms with van der Waals surface area (Å²) >= 11 is 0. The number of rotatable bonds is 8. The van der Waals surface area contributed by atoms with Gasteiger partial charge in [-0.05, 0) is 43.9 Å². The minimum Gasteiger partial charge on any atom is -0.494 e. The van der Waals surface area contributed by atoms with E-state index in [-0.39, 0.29) is 6.10 Å². The monoisotopic (exact) mass is 274 g/mol. The molecule has 0 aliphatic heterocycles. The third-order valence-electron chi connectivity index (χ3n) is 3.16. The summed E-state index contributed by atoms with van der Waals surface area (Å²) in [6, 6.07) is 8.12. The van der Waals surface area contributed by atoms with Crippen LogP contribution in [0.4, 0.5) is 0 Å². The molecule has 0 spiro atoms. The Hall–Kier alpha value is -1.81. The number of aromatic nitrogens is 2. The molecule has 2 aromatic rings. The van der Waals surface area contributed by atoms with Gasteiger partial charge in [-0.15, -0.1) is 0 Å². The SMILES string of the molecule is CC(O)CCc1ccc(OCCCn2ccnc2)cc1. The van der Waals surface area contributed by atoms with Gasteiger partial charge in [0.2, 0.25) is 0 Å². The first-order valence-electron chi connectivity index (χ1n) is 7.09. The number of benzene rings is 1. The highest BCUT2D eigenvalue weighted by atomic mass is 16.5. The molecule has 0 saturated carbocycles. The molecule has 0 aliphatic carbocycles. The Labute approximate surface area is 120 Å². The second kappa shape index (κ2) is 7.70. The summed E-state index contributed by atoms with van der Waals surface area (Å²) in [5.41, 5.74) is 1.23. The van der Waals surface area contributed by atoms with Crippen molar-refractivity contribution in [2.75, 3.05) is 6.61 Å². The molecule has 0 amide bonds. The Kier molecular flexibility index (Phi) is 5.62. The minimum absolute atomic E-state index is 0.242. The average molecular weight is 274 g/mol. The maximum absolute atomic E-state index is 9.26. The minimum atomic E-state index is -0.242. The highest BCUT2D eigenvalue weighted by Crippen LogP contribution is 2.14. The van der Waals surface area contributed by atoms with E-state index in [4.69, 9.17) is 4.74 Å². The number of aryl methyl sites for hydroxylation is 2. The number of imidazole rings is 1. The van der Waals surface area contributed by atoms with Gasteiger partial charge in [0.15, 0.2) is 0 Å². The molecule has 1 unspecified atom stereocenters. The largest absolute Gasteiger partial charge is 0.494 e. The highest BCUT2D eigenvalue weighted by molar-refractivity contribution is 5.27. The van der Waals surface area contributed by atoms with E-state index >= 15 is 0 Å². The lowest BCUT2D eigenvalue weighted by Gasteiger charge is -2.08. The van der Waals surface area contributed by atoms with Crippen LogP contribution in [0, 0.1) is 0 Å². The molecule has 108 valence electrons. The van der Waals surface area contributed by atoms with Crippen LogP contribution in [0.3, 0.4) is 0 Å². The lowest BCUT2D eigenvalue weighted by atomic mass is 10.1. The topological polar surface area (TPSA) is 47.3 Å². The molecule has 1 aromatic heterocycles. The lowest BCUT2D eigenvalue weighted by Crippen LogP contribution is -2.03. The lowest BCUT2D eigenvalue weighted by molar-refractivity contribution is 0.185. The molecule has 1 atom stereocenters. The summed E-state index contributed by atoms with van der Waals surface area (Å²) in [6.07, 6.45) is 7.97. The van der Waals surface area contributed by atoms with E-state index < -0.39 is 0 Å². The number of nitrogens with zero attached hydrogens (tertiary/aromatic N) is 2. The van der Waals surface area contributed by atoms with E-state index in [2.05, 4.69) is 17.1 Å². The molecule has 1 heterocycles. The standard InChI is InChI=1S/C16H22N2O2/c1-14(19)3-4-15-5-7-16(8-6-15)20-12-2-10-18-11-9-17-13-18/h5-9,11,13-14,19H,2-4,10,12H2,1H3. The van der Waals surface area contributed by atoms with Crippen LogP contribution >= 0.6 is 0 Å². The Bertz CT molecular complexity index is 478. The molecule has 0 aliphatic rings. The molecule has 1 N–H and O–H groups in total. The van der Waals surface area contributed by atoms with Crippen molar-refractivity contribution >= 4 is 0 Å². The second-order valence-electron chi connectivity index (χ2n) is 5.03. The molecular formula is C16H22N2O2. The van der Waals surface area contributed by atoms with E-state index in [0.29, 0.717) is 6.61 Å². The van der Waals surface area contributed by atoms with Crippen molar-refractivity contribution in [3.8, 4) is 5.75 Å². The predicted molar refractivity (Wildman–Crippen MR) is 78.8 cm³/mol. The molecule has 0 bridgehead atoms. The third kappa shape index (κ3) is 5.05. The van der Waals surface area contributed by atoms with Gasteiger partial charge in [0.1, 0.15) is 5.75 Å². The summed E-state index contributed by atoms with van der Waals surface area (Å²) < 4.78 is 7.75. The van der Waals surface area contributed by atoms with E-state index in [9.17, 15) is 5.11 Å². The average Bonchev–Trinajstić information content (AvgIpc) is 2.96. The third-order valence-corrected chi connectivity index (χ3v) is 3.16. The maximum atomic E-state index is 9.26. The summed E-state index contributed by atoms with van der Waals surface area (Å²) in [6.45, 7) is 3.44. The van der Waals surface area contributed by atoms with Gasteiger partial charge in [-0.2, -0.15) is 0 Å². The number of aliphatic hydroxyl groups excluding tert-OH is 1. The normalized spacial score (nSPS) is 12.3. The van der Waals surface area contributed by atoms with Crippen molar-refractivity contribution in [3.63, 3.8) is 0 Å². The predicted octanol–water partition coefficient (Wildman–Crippen LogP) is 2.67. The smallest absolute Gasteiger partial charge is 0.119 e. The summed E-state index contributed by atoms with van der Waals surface area (Å²) in [4.78, 5) is 4.00. The summed E-state index contributed by atoms with van der Waals surface area (Å²) in [5, 5.41) is 9.26. The molecule has 1 aromatic carbocycles. The van der Waals surface area contributed by atoms with Crippen molar-refractivity contribution in [1.82, 2.24) is 9.55 Å². The van der Waals surface area contributed by atoms with Crippen LogP contribution in [-0.2, 0) is 13.0 Å². The fraction of sp³-hybridized carbons (Fsp3) is 0.438. The van der Waals surface area contributed by atoms with Gasteiger partial charge in [0.05, 0.1) is 19.0 Å². The Morgan fingerprint density at radius 3 is 2.75 bits per heavy atom. The van der Waals surface area contributed by atoms with Gasteiger partial charge in [0, 0.05) is 18.9 Å². The fourth-order valence-corrected chi connectivity index (χ4v) is 1.98. The van der Waals surface area contributed by atoms with Crippen molar-refractivity contribution in [3.05, 3.63) is 48.5 Å². The van der Waals surface area contributed by atoms with Crippen LogP contribution in [0.1, 0.15) is 25.3 Å². The molecule has 0 saturated heterocycles. The van der Waals surface area contributed by atoms with Gasteiger partial charge in [-0.25, -0.2) is 4.98 Å². The van der Waals surface area contributed by atoms with Crippen molar-refractivity contribution < 1.29 is 9.84 Å². The van der Waals surface area contributed by atoms with Gasteiger partial charge in [-0.3, -0.25) is 0 Å². The van der Waals surface area contributed by atoms with Crippen LogP contribution in [-0.4, -0.2) is 27.4 Å². The molecule has 0 fully saturated rings. The van der Waals surface area contributed by atoms with Crippen LogP contribution in [0.2, 0.25) is 0 Å². The maximum Gasteiger partial charge on any atom is 0.119 e.